The van der Waals surface area contributed by atoms with Crippen molar-refractivity contribution in [1.29, 1.82) is 0 Å². The van der Waals surface area contributed by atoms with Crippen LogP contribution in [0.2, 0.25) is 0 Å². The molecular formula is C16H21NO3S. The molecule has 2 aliphatic rings. The molecule has 0 radical (unpaired) electrons. The number of hydrogen-bond acceptors (Lipinski definition) is 3. The van der Waals surface area contributed by atoms with Gasteiger partial charge in [-0.3, -0.25) is 4.79 Å². The molecule has 0 aromatic heterocycles. The van der Waals surface area contributed by atoms with E-state index in [2.05, 4.69) is 17.4 Å². The van der Waals surface area contributed by atoms with Crippen molar-refractivity contribution in [2.24, 2.45) is 5.92 Å². The molecule has 0 spiro atoms. The van der Waals surface area contributed by atoms with E-state index in [4.69, 9.17) is 0 Å². The van der Waals surface area contributed by atoms with Crippen molar-refractivity contribution < 1.29 is 13.2 Å². The van der Waals surface area contributed by atoms with E-state index in [0.29, 0.717) is 13.0 Å². The lowest BCUT2D eigenvalue weighted by Gasteiger charge is -2.42. The molecule has 114 valence electrons. The third-order valence-electron chi connectivity index (χ3n) is 4.90. The zero-order valence-electron chi connectivity index (χ0n) is 12.0. The quantitative estimate of drug-likeness (QED) is 0.920. The summed E-state index contributed by atoms with van der Waals surface area (Å²) in [6.45, 7) is 0.617. The van der Waals surface area contributed by atoms with Crippen LogP contribution in [0.4, 0.5) is 0 Å². The van der Waals surface area contributed by atoms with E-state index in [1.165, 1.54) is 12.0 Å². The van der Waals surface area contributed by atoms with Gasteiger partial charge in [-0.1, -0.05) is 36.8 Å². The van der Waals surface area contributed by atoms with Crippen LogP contribution in [0.5, 0.6) is 0 Å². The molecular weight excluding hydrogens is 286 g/mol. The zero-order valence-corrected chi connectivity index (χ0v) is 12.9. The summed E-state index contributed by atoms with van der Waals surface area (Å²) in [6.07, 6.45) is 3.82. The summed E-state index contributed by atoms with van der Waals surface area (Å²) in [5.74, 6) is -0.298. The third kappa shape index (κ3) is 2.98. The van der Waals surface area contributed by atoms with E-state index in [9.17, 15) is 13.2 Å². The standard InChI is InChI=1S/C16H21NO3S/c18-15(13-7-10-21(19,20)11-13)17-12-16(8-4-9-16)14-5-2-1-3-6-14/h1-3,5-6,13H,4,7-12H2,(H,17,18). The highest BCUT2D eigenvalue weighted by Crippen LogP contribution is 2.43. The number of amides is 1. The second kappa shape index (κ2) is 5.44. The fraction of sp³-hybridized carbons (Fsp3) is 0.562. The molecule has 5 heteroatoms. The minimum absolute atomic E-state index is 0.0111. The van der Waals surface area contributed by atoms with Crippen LogP contribution in [0.15, 0.2) is 30.3 Å². The normalized spacial score (nSPS) is 26.0. The smallest absolute Gasteiger partial charge is 0.224 e. The van der Waals surface area contributed by atoms with Gasteiger partial charge in [-0.05, 0) is 24.8 Å². The van der Waals surface area contributed by atoms with E-state index < -0.39 is 9.84 Å². The highest BCUT2D eigenvalue weighted by Gasteiger charge is 2.40. The number of carbonyl (C=O) groups is 1. The average molecular weight is 307 g/mol. The highest BCUT2D eigenvalue weighted by molar-refractivity contribution is 7.91. The number of sulfone groups is 1. The van der Waals surface area contributed by atoms with Crippen LogP contribution in [0.3, 0.4) is 0 Å². The third-order valence-corrected chi connectivity index (χ3v) is 6.67. The molecule has 1 heterocycles. The van der Waals surface area contributed by atoms with Crippen molar-refractivity contribution in [2.75, 3.05) is 18.1 Å². The van der Waals surface area contributed by atoms with Crippen molar-refractivity contribution in [3.8, 4) is 0 Å². The van der Waals surface area contributed by atoms with Gasteiger partial charge in [-0.2, -0.15) is 0 Å². The summed E-state index contributed by atoms with van der Waals surface area (Å²) < 4.78 is 22.9. The van der Waals surface area contributed by atoms with Gasteiger partial charge in [-0.25, -0.2) is 8.42 Å². The lowest BCUT2D eigenvalue weighted by molar-refractivity contribution is -0.124. The molecule has 1 unspecified atom stereocenters. The van der Waals surface area contributed by atoms with Crippen molar-refractivity contribution in [3.63, 3.8) is 0 Å². The van der Waals surface area contributed by atoms with E-state index in [1.807, 2.05) is 18.2 Å². The molecule has 1 aliphatic carbocycles. The second-order valence-electron chi connectivity index (χ2n) is 6.32. The predicted octanol–water partition coefficient (Wildman–Crippen LogP) is 1.66. The Kier molecular flexibility index (Phi) is 3.78. The molecule has 1 aromatic carbocycles. The zero-order chi connectivity index (χ0) is 14.9. The average Bonchev–Trinajstić information content (AvgIpc) is 2.79. The first-order valence-corrected chi connectivity index (χ1v) is 9.37. The van der Waals surface area contributed by atoms with E-state index in [0.717, 1.165) is 12.8 Å². The lowest BCUT2D eigenvalue weighted by Crippen LogP contribution is -2.47. The number of nitrogens with one attached hydrogen (secondary N) is 1. The van der Waals surface area contributed by atoms with E-state index >= 15 is 0 Å². The highest BCUT2D eigenvalue weighted by atomic mass is 32.2. The summed E-state index contributed by atoms with van der Waals surface area (Å²) in [5.41, 5.74) is 1.32. The summed E-state index contributed by atoms with van der Waals surface area (Å²) in [4.78, 5) is 12.2. The Labute approximate surface area is 125 Å². The molecule has 1 aromatic rings. The fourth-order valence-electron chi connectivity index (χ4n) is 3.37. The van der Waals surface area contributed by atoms with E-state index in [1.54, 1.807) is 0 Å². The second-order valence-corrected chi connectivity index (χ2v) is 8.55. The lowest BCUT2D eigenvalue weighted by atomic mass is 9.64. The number of carbonyl (C=O) groups excluding carboxylic acids is 1. The first-order chi connectivity index (χ1) is 10.0. The van der Waals surface area contributed by atoms with Crippen molar-refractivity contribution >= 4 is 15.7 Å². The Bertz CT molecular complexity index is 620. The number of rotatable bonds is 4. The minimum atomic E-state index is -3.00. The molecule has 4 nitrogen and oxygen atoms in total. The van der Waals surface area contributed by atoms with Gasteiger partial charge in [0.15, 0.2) is 9.84 Å². The van der Waals surface area contributed by atoms with Crippen LogP contribution in [0.1, 0.15) is 31.2 Å². The summed E-state index contributed by atoms with van der Waals surface area (Å²) in [6, 6.07) is 10.3. The van der Waals surface area contributed by atoms with Crippen LogP contribution in [-0.4, -0.2) is 32.4 Å². The van der Waals surface area contributed by atoms with E-state index in [-0.39, 0.29) is 28.7 Å². The Morgan fingerprint density at radius 1 is 1.24 bits per heavy atom. The Morgan fingerprint density at radius 2 is 1.95 bits per heavy atom. The van der Waals surface area contributed by atoms with Gasteiger partial charge in [0.05, 0.1) is 17.4 Å². The van der Waals surface area contributed by atoms with Crippen LogP contribution in [0, 0.1) is 5.92 Å². The van der Waals surface area contributed by atoms with Gasteiger partial charge in [0.1, 0.15) is 0 Å². The predicted molar refractivity (Wildman–Crippen MR) is 81.7 cm³/mol. The molecule has 21 heavy (non-hydrogen) atoms. The Morgan fingerprint density at radius 3 is 2.48 bits per heavy atom. The van der Waals surface area contributed by atoms with Crippen LogP contribution in [0.25, 0.3) is 0 Å². The molecule has 1 aliphatic heterocycles. The van der Waals surface area contributed by atoms with Gasteiger partial charge in [0, 0.05) is 12.0 Å². The summed E-state index contributed by atoms with van der Waals surface area (Å²) in [7, 11) is -3.00. The summed E-state index contributed by atoms with van der Waals surface area (Å²) >= 11 is 0. The maximum atomic E-state index is 12.2. The summed E-state index contributed by atoms with van der Waals surface area (Å²) in [5, 5.41) is 3.00. The van der Waals surface area contributed by atoms with Crippen molar-refractivity contribution in [3.05, 3.63) is 35.9 Å². The van der Waals surface area contributed by atoms with Gasteiger partial charge in [0.25, 0.3) is 0 Å². The van der Waals surface area contributed by atoms with Crippen molar-refractivity contribution in [2.45, 2.75) is 31.1 Å². The first kappa shape index (κ1) is 14.6. The first-order valence-electron chi connectivity index (χ1n) is 7.54. The Hall–Kier alpha value is -1.36. The molecule has 1 saturated heterocycles. The maximum Gasteiger partial charge on any atom is 0.224 e. The van der Waals surface area contributed by atoms with Crippen LogP contribution in [-0.2, 0) is 20.0 Å². The topological polar surface area (TPSA) is 63.2 Å². The van der Waals surface area contributed by atoms with Crippen LogP contribution >= 0.6 is 0 Å². The minimum Gasteiger partial charge on any atom is -0.355 e. The molecule has 0 bridgehead atoms. The molecule has 1 N–H and O–H groups in total. The number of benzene rings is 1. The molecule has 2 fully saturated rings. The molecule has 1 saturated carbocycles. The maximum absolute atomic E-state index is 12.2. The molecule has 1 amide bonds. The SMILES string of the molecule is O=C(NCC1(c2ccccc2)CCC1)C1CCS(=O)(=O)C1. The number of hydrogen-bond donors (Lipinski definition) is 1. The van der Waals surface area contributed by atoms with Gasteiger partial charge in [-0.15, -0.1) is 0 Å². The monoisotopic (exact) mass is 307 g/mol. The van der Waals surface area contributed by atoms with Crippen LogP contribution < -0.4 is 5.32 Å². The van der Waals surface area contributed by atoms with Gasteiger partial charge >= 0.3 is 0 Å². The van der Waals surface area contributed by atoms with Gasteiger partial charge < -0.3 is 5.32 Å². The van der Waals surface area contributed by atoms with Crippen molar-refractivity contribution in [1.82, 2.24) is 5.32 Å². The molecule has 1 atom stereocenters. The largest absolute Gasteiger partial charge is 0.355 e. The molecule has 3 rings (SSSR count). The van der Waals surface area contributed by atoms with Gasteiger partial charge in [0.2, 0.25) is 5.91 Å². The Balaban J connectivity index is 1.63. The fourth-order valence-corrected chi connectivity index (χ4v) is 5.11.